The molecule has 3 nitrogen and oxygen atoms in total. The average Bonchev–Trinajstić information content (AvgIpc) is 2.25. The van der Waals surface area contributed by atoms with E-state index in [-0.39, 0.29) is 0 Å². The van der Waals surface area contributed by atoms with E-state index in [1.54, 1.807) is 7.11 Å². The second-order valence-electron chi connectivity index (χ2n) is 2.85. The van der Waals surface area contributed by atoms with Crippen LogP contribution < -0.4 is 5.32 Å². The average molecular weight is 212 g/mol. The minimum absolute atomic E-state index is 0.812. The molecule has 1 heterocycles. The van der Waals surface area contributed by atoms with Crippen LogP contribution in [0, 0.1) is 0 Å². The fourth-order valence-electron chi connectivity index (χ4n) is 0.990. The largest absolute Gasteiger partial charge is 0.384 e. The Kier molecular flexibility index (Phi) is 5.40. The SMILES string of the molecule is CNc1ccc(CSCCOC)cn1. The van der Waals surface area contributed by atoms with Crippen molar-refractivity contribution in [1.82, 2.24) is 4.98 Å². The third-order valence-corrected chi connectivity index (χ3v) is 2.77. The summed E-state index contributed by atoms with van der Waals surface area (Å²) in [6, 6.07) is 4.09. The van der Waals surface area contributed by atoms with Gasteiger partial charge in [-0.15, -0.1) is 0 Å². The fourth-order valence-corrected chi connectivity index (χ4v) is 1.83. The van der Waals surface area contributed by atoms with Gasteiger partial charge in [-0.1, -0.05) is 6.07 Å². The van der Waals surface area contributed by atoms with E-state index in [1.165, 1.54) is 5.56 Å². The van der Waals surface area contributed by atoms with Crippen LogP contribution in [0.25, 0.3) is 0 Å². The van der Waals surface area contributed by atoms with E-state index in [4.69, 9.17) is 4.74 Å². The van der Waals surface area contributed by atoms with E-state index in [0.717, 1.165) is 23.9 Å². The summed E-state index contributed by atoms with van der Waals surface area (Å²) in [7, 11) is 3.60. The second-order valence-corrected chi connectivity index (χ2v) is 3.95. The lowest BCUT2D eigenvalue weighted by molar-refractivity contribution is 0.218. The van der Waals surface area contributed by atoms with Gasteiger partial charge in [0.2, 0.25) is 0 Å². The Morgan fingerprint density at radius 2 is 2.36 bits per heavy atom. The first-order valence-electron chi connectivity index (χ1n) is 4.56. The highest BCUT2D eigenvalue weighted by atomic mass is 32.2. The summed E-state index contributed by atoms with van der Waals surface area (Å²) in [5.74, 6) is 2.95. The first-order valence-corrected chi connectivity index (χ1v) is 5.71. The van der Waals surface area contributed by atoms with Crippen molar-refractivity contribution in [1.29, 1.82) is 0 Å². The lowest BCUT2D eigenvalue weighted by Crippen LogP contribution is -1.94. The number of nitrogens with one attached hydrogen (secondary N) is 1. The molecule has 0 aliphatic heterocycles. The number of aromatic nitrogens is 1. The lowest BCUT2D eigenvalue weighted by atomic mass is 10.3. The van der Waals surface area contributed by atoms with E-state index < -0.39 is 0 Å². The predicted molar refractivity (Wildman–Crippen MR) is 61.8 cm³/mol. The highest BCUT2D eigenvalue weighted by Gasteiger charge is 1.94. The second kappa shape index (κ2) is 6.68. The number of ether oxygens (including phenoxy) is 1. The van der Waals surface area contributed by atoms with Crippen LogP contribution in [0.4, 0.5) is 5.82 Å². The van der Waals surface area contributed by atoms with Gasteiger partial charge in [-0.3, -0.25) is 0 Å². The molecule has 0 saturated carbocycles. The molecule has 0 atom stereocenters. The van der Waals surface area contributed by atoms with Gasteiger partial charge in [-0.2, -0.15) is 11.8 Å². The van der Waals surface area contributed by atoms with Gasteiger partial charge in [0, 0.05) is 31.9 Å². The van der Waals surface area contributed by atoms with Crippen molar-refractivity contribution in [3.05, 3.63) is 23.9 Å². The van der Waals surface area contributed by atoms with Gasteiger partial charge in [-0.05, 0) is 11.6 Å². The van der Waals surface area contributed by atoms with Gasteiger partial charge in [0.05, 0.1) is 6.61 Å². The summed E-state index contributed by atoms with van der Waals surface area (Å²) in [6.07, 6.45) is 1.91. The van der Waals surface area contributed by atoms with Gasteiger partial charge in [0.25, 0.3) is 0 Å². The van der Waals surface area contributed by atoms with Crippen molar-refractivity contribution in [2.75, 3.05) is 31.8 Å². The summed E-state index contributed by atoms with van der Waals surface area (Å²) in [5, 5.41) is 2.99. The zero-order valence-electron chi connectivity index (χ0n) is 8.62. The van der Waals surface area contributed by atoms with Crippen molar-refractivity contribution in [2.24, 2.45) is 0 Å². The first-order chi connectivity index (χ1) is 6.86. The van der Waals surface area contributed by atoms with Crippen molar-refractivity contribution in [3.63, 3.8) is 0 Å². The van der Waals surface area contributed by atoms with Crippen LogP contribution in [-0.2, 0) is 10.5 Å². The highest BCUT2D eigenvalue weighted by Crippen LogP contribution is 2.12. The monoisotopic (exact) mass is 212 g/mol. The van der Waals surface area contributed by atoms with Crippen LogP contribution in [0.15, 0.2) is 18.3 Å². The minimum atomic E-state index is 0.812. The molecule has 0 bridgehead atoms. The molecule has 0 saturated heterocycles. The van der Waals surface area contributed by atoms with Crippen LogP contribution in [0.1, 0.15) is 5.56 Å². The van der Waals surface area contributed by atoms with Gasteiger partial charge in [0.15, 0.2) is 0 Å². The topological polar surface area (TPSA) is 34.1 Å². The molecule has 1 aromatic heterocycles. The Labute approximate surface area is 89.3 Å². The fraction of sp³-hybridized carbons (Fsp3) is 0.500. The number of thioether (sulfide) groups is 1. The van der Waals surface area contributed by atoms with E-state index in [2.05, 4.69) is 16.4 Å². The molecule has 4 heteroatoms. The number of rotatable bonds is 6. The molecule has 14 heavy (non-hydrogen) atoms. The standard InChI is InChI=1S/C10H16N2OS/c1-11-10-4-3-9(7-12-10)8-14-6-5-13-2/h3-4,7H,5-6,8H2,1-2H3,(H,11,12). The van der Waals surface area contributed by atoms with Gasteiger partial charge in [-0.25, -0.2) is 4.98 Å². The third kappa shape index (κ3) is 3.98. The van der Waals surface area contributed by atoms with Crippen LogP contribution in [-0.4, -0.2) is 31.5 Å². The summed E-state index contributed by atoms with van der Waals surface area (Å²) in [5.41, 5.74) is 1.25. The molecule has 1 aromatic rings. The zero-order valence-corrected chi connectivity index (χ0v) is 9.43. The number of anilines is 1. The van der Waals surface area contributed by atoms with Crippen LogP contribution in [0.5, 0.6) is 0 Å². The third-order valence-electron chi connectivity index (χ3n) is 1.78. The minimum Gasteiger partial charge on any atom is -0.384 e. The van der Waals surface area contributed by atoms with Crippen LogP contribution in [0.2, 0.25) is 0 Å². The quantitative estimate of drug-likeness (QED) is 0.731. The number of nitrogens with zero attached hydrogens (tertiary/aromatic N) is 1. The maximum atomic E-state index is 4.97. The van der Waals surface area contributed by atoms with E-state index in [0.29, 0.717) is 0 Å². The molecule has 78 valence electrons. The molecule has 1 rings (SSSR count). The van der Waals surface area contributed by atoms with E-state index in [9.17, 15) is 0 Å². The van der Waals surface area contributed by atoms with Gasteiger partial charge >= 0.3 is 0 Å². The Hall–Kier alpha value is -0.740. The lowest BCUT2D eigenvalue weighted by Gasteiger charge is -2.02. The number of hydrogen-bond donors (Lipinski definition) is 1. The normalized spacial score (nSPS) is 10.1. The molecule has 0 aromatic carbocycles. The van der Waals surface area contributed by atoms with E-state index in [1.807, 2.05) is 31.1 Å². The Morgan fingerprint density at radius 1 is 1.50 bits per heavy atom. The smallest absolute Gasteiger partial charge is 0.125 e. The zero-order chi connectivity index (χ0) is 10.2. The molecule has 0 unspecified atom stereocenters. The molecule has 0 fully saturated rings. The van der Waals surface area contributed by atoms with Crippen LogP contribution >= 0.6 is 11.8 Å². The Morgan fingerprint density at radius 3 is 2.93 bits per heavy atom. The molecule has 1 N–H and O–H groups in total. The van der Waals surface area contributed by atoms with Crippen molar-refractivity contribution in [2.45, 2.75) is 5.75 Å². The number of methoxy groups -OCH3 is 1. The molecule has 0 radical (unpaired) electrons. The maximum absolute atomic E-state index is 4.97. The summed E-state index contributed by atoms with van der Waals surface area (Å²) < 4.78 is 4.97. The summed E-state index contributed by atoms with van der Waals surface area (Å²) in [4.78, 5) is 4.24. The summed E-state index contributed by atoms with van der Waals surface area (Å²) >= 11 is 1.86. The van der Waals surface area contributed by atoms with Gasteiger partial charge < -0.3 is 10.1 Å². The Balaban J connectivity index is 2.29. The molecular weight excluding hydrogens is 196 g/mol. The number of pyridine rings is 1. The molecule has 0 spiro atoms. The molecule has 0 aliphatic rings. The van der Waals surface area contributed by atoms with Gasteiger partial charge in [0.1, 0.15) is 5.82 Å². The first kappa shape index (κ1) is 11.3. The van der Waals surface area contributed by atoms with Crippen LogP contribution in [0.3, 0.4) is 0 Å². The maximum Gasteiger partial charge on any atom is 0.125 e. The van der Waals surface area contributed by atoms with Crippen molar-refractivity contribution in [3.8, 4) is 0 Å². The number of hydrogen-bond acceptors (Lipinski definition) is 4. The molecule has 0 aliphatic carbocycles. The Bertz CT molecular complexity index is 251. The predicted octanol–water partition coefficient (Wildman–Crippen LogP) is 2.00. The molecule has 0 amide bonds. The summed E-state index contributed by atoms with van der Waals surface area (Å²) in [6.45, 7) is 0.812. The highest BCUT2D eigenvalue weighted by molar-refractivity contribution is 7.98. The van der Waals surface area contributed by atoms with E-state index >= 15 is 0 Å². The molecular formula is C10H16N2OS. The van der Waals surface area contributed by atoms with Crippen molar-refractivity contribution >= 4 is 17.6 Å². The van der Waals surface area contributed by atoms with Crippen molar-refractivity contribution < 1.29 is 4.74 Å².